The van der Waals surface area contributed by atoms with E-state index >= 15 is 0 Å². The molecule has 1 aromatic heterocycles. The fraction of sp³-hybridized carbons (Fsp3) is 0.197. The third kappa shape index (κ3) is 15.8. The highest BCUT2D eigenvalue weighted by Gasteiger charge is 2.22. The number of hydrogen-bond donors (Lipinski definition) is 0. The molecule has 0 amide bonds. The van der Waals surface area contributed by atoms with Gasteiger partial charge in [0, 0.05) is 46.4 Å². The number of anilines is 5. The first-order valence-corrected chi connectivity index (χ1v) is 26.1. The third-order valence-corrected chi connectivity index (χ3v) is 12.0. The van der Waals surface area contributed by atoms with Gasteiger partial charge in [0.1, 0.15) is 0 Å². The molecule has 366 valence electrons. The second kappa shape index (κ2) is 31.6. The van der Waals surface area contributed by atoms with Gasteiger partial charge in [0.05, 0.1) is 10.2 Å². The molecule has 0 spiro atoms. The van der Waals surface area contributed by atoms with Crippen LogP contribution < -0.4 is 14.7 Å². The van der Waals surface area contributed by atoms with Crippen LogP contribution in [0.5, 0.6) is 0 Å². The van der Waals surface area contributed by atoms with Gasteiger partial charge in [0.2, 0.25) is 0 Å². The largest absolute Gasteiger partial charge is 0.314 e. The van der Waals surface area contributed by atoms with Crippen LogP contribution in [0.2, 0.25) is 0 Å². The Morgan fingerprint density at radius 1 is 0.690 bits per heavy atom. The molecule has 0 saturated heterocycles. The molecule has 0 unspecified atom stereocenters. The molecule has 7 rings (SSSR count). The summed E-state index contributed by atoms with van der Waals surface area (Å²) in [6, 6.07) is 46.6. The molecule has 5 heteroatoms. The molecule has 1 heterocycles. The van der Waals surface area contributed by atoms with E-state index in [-0.39, 0.29) is 0 Å². The summed E-state index contributed by atoms with van der Waals surface area (Å²) in [7, 11) is 0. The van der Waals surface area contributed by atoms with Gasteiger partial charge in [-0.25, -0.2) is 4.98 Å². The number of hydrogen-bond acceptors (Lipinski definition) is 5. The fourth-order valence-corrected chi connectivity index (χ4v) is 9.00. The zero-order valence-electron chi connectivity index (χ0n) is 43.6. The molecule has 4 nitrogen and oxygen atoms in total. The first kappa shape index (κ1) is 56.1. The minimum absolute atomic E-state index is 0.670. The molecule has 1 aliphatic rings. The highest BCUT2D eigenvalue weighted by atomic mass is 32.1. The molecule has 0 radical (unpaired) electrons. The minimum Gasteiger partial charge on any atom is -0.314 e. The highest BCUT2D eigenvalue weighted by Crippen LogP contribution is 2.41. The molecular weight excluding hydrogens is 881 g/mol. The lowest BCUT2D eigenvalue weighted by atomic mass is 9.99. The van der Waals surface area contributed by atoms with Crippen molar-refractivity contribution in [1.82, 2.24) is 4.98 Å². The molecule has 0 N–H and O–H groups in total. The van der Waals surface area contributed by atoms with E-state index < -0.39 is 0 Å². The maximum atomic E-state index is 5.55. The van der Waals surface area contributed by atoms with Gasteiger partial charge < -0.3 is 14.7 Å². The van der Waals surface area contributed by atoms with E-state index in [1.54, 1.807) is 11.3 Å². The monoisotopic (exact) mass is 957 g/mol. The van der Waals surface area contributed by atoms with Crippen LogP contribution in [0.3, 0.4) is 0 Å². The maximum Gasteiger partial charge on any atom is 0.191 e. The summed E-state index contributed by atoms with van der Waals surface area (Å²) < 4.78 is 1.16. The Bertz CT molecular complexity index is 2720. The second-order valence-electron chi connectivity index (χ2n) is 15.9. The third-order valence-electron chi connectivity index (χ3n) is 10.9. The normalized spacial score (nSPS) is 12.5. The Morgan fingerprint density at radius 3 is 1.77 bits per heavy atom. The van der Waals surface area contributed by atoms with Crippen molar-refractivity contribution in [2.75, 3.05) is 21.2 Å². The molecule has 0 aliphatic heterocycles. The number of benzene rings is 5. The number of thiazole rings is 1. The van der Waals surface area contributed by atoms with Gasteiger partial charge in [0.15, 0.2) is 5.13 Å². The second-order valence-corrected chi connectivity index (χ2v) is 16.9. The van der Waals surface area contributed by atoms with Gasteiger partial charge in [0.25, 0.3) is 0 Å². The predicted octanol–water partition coefficient (Wildman–Crippen LogP) is 19.8. The minimum atomic E-state index is 0.670. The summed E-state index contributed by atoms with van der Waals surface area (Å²) >= 11 is 1.75. The van der Waals surface area contributed by atoms with Crippen LogP contribution >= 0.6 is 11.3 Å². The van der Waals surface area contributed by atoms with E-state index in [0.29, 0.717) is 13.0 Å². The highest BCUT2D eigenvalue weighted by molar-refractivity contribution is 7.22. The average molecular weight is 957 g/mol. The van der Waals surface area contributed by atoms with Crippen molar-refractivity contribution in [2.24, 2.45) is 0 Å². The summed E-state index contributed by atoms with van der Waals surface area (Å²) in [5.41, 5.74) is 13.3. The van der Waals surface area contributed by atoms with Crippen LogP contribution in [-0.4, -0.2) is 11.5 Å². The number of para-hydroxylation sites is 4. The quantitative estimate of drug-likeness (QED) is 0.0596. The standard InChI is InChI=1S/C59H56N4S.C3H8.2C2H6/c1-6-10-40-56(46(5)26-8-3)61(45-11-7-2)59-60-57-48(29-25-38-49(27-9-4)62(50-30-16-12-17-31-50)51-32-18-13-19-33-51)42-44-55(58(57)64-59)47-28-24-39-54(43-41-47)63(52-34-20-14-21-35-52)53-36-22-15-23-37-53;1-3-2;2*1-2/h6-25,27,30-44H,1,3-4,26,28-29,45H2,2,5H3;3H2,1-2H3;2*1-2H3/b11-7-,38-25-,40-10-,49-27+,56-46-;;;. The summed E-state index contributed by atoms with van der Waals surface area (Å²) in [5.74, 6) is 0. The van der Waals surface area contributed by atoms with Crippen molar-refractivity contribution in [1.29, 1.82) is 0 Å². The summed E-state index contributed by atoms with van der Waals surface area (Å²) in [5, 5.41) is 0.935. The zero-order chi connectivity index (χ0) is 51.2. The molecule has 0 atom stereocenters. The van der Waals surface area contributed by atoms with Gasteiger partial charge in [-0.3, -0.25) is 0 Å². The van der Waals surface area contributed by atoms with E-state index in [0.717, 1.165) is 73.6 Å². The number of nitrogens with zero attached hydrogens (tertiary/aromatic N) is 4. The van der Waals surface area contributed by atoms with Crippen LogP contribution in [0.4, 0.5) is 27.9 Å². The molecule has 0 bridgehead atoms. The molecular formula is C66H76N4S. The van der Waals surface area contributed by atoms with Crippen LogP contribution in [-0.2, 0) is 6.42 Å². The van der Waals surface area contributed by atoms with Crippen molar-refractivity contribution >= 4 is 55.0 Å². The number of allylic oxidation sites excluding steroid dienone is 15. The smallest absolute Gasteiger partial charge is 0.191 e. The van der Waals surface area contributed by atoms with Crippen molar-refractivity contribution in [3.05, 3.63) is 272 Å². The summed E-state index contributed by atoms with van der Waals surface area (Å²) in [6.07, 6.45) is 33.1. The van der Waals surface area contributed by atoms with Crippen LogP contribution in [0.25, 0.3) is 15.8 Å². The lowest BCUT2D eigenvalue weighted by Crippen LogP contribution is -2.22. The zero-order valence-corrected chi connectivity index (χ0v) is 44.5. The Kier molecular flexibility index (Phi) is 25.0. The number of fused-ring (bicyclic) bond motifs is 1. The Balaban J connectivity index is 0.00000149. The van der Waals surface area contributed by atoms with Crippen LogP contribution in [0, 0.1) is 0 Å². The molecule has 5 aromatic carbocycles. The summed E-state index contributed by atoms with van der Waals surface area (Å²) in [4.78, 5) is 12.4. The van der Waals surface area contributed by atoms with E-state index in [2.05, 4.69) is 244 Å². The topological polar surface area (TPSA) is 22.6 Å². The molecule has 0 saturated carbocycles. The lowest BCUT2D eigenvalue weighted by molar-refractivity contribution is 0.987. The molecule has 6 aromatic rings. The number of rotatable bonds is 19. The van der Waals surface area contributed by atoms with E-state index in [4.69, 9.17) is 4.98 Å². The number of aromatic nitrogens is 1. The van der Waals surface area contributed by atoms with Gasteiger partial charge in [-0.15, -0.1) is 6.58 Å². The van der Waals surface area contributed by atoms with Crippen LogP contribution in [0.1, 0.15) is 85.8 Å². The van der Waals surface area contributed by atoms with Crippen molar-refractivity contribution < 1.29 is 0 Å². The van der Waals surface area contributed by atoms with Crippen molar-refractivity contribution in [2.45, 2.75) is 81.1 Å². The molecule has 0 fully saturated rings. The van der Waals surface area contributed by atoms with Gasteiger partial charge >= 0.3 is 0 Å². The van der Waals surface area contributed by atoms with Gasteiger partial charge in [-0.1, -0.05) is 212 Å². The Morgan fingerprint density at radius 2 is 1.25 bits per heavy atom. The van der Waals surface area contributed by atoms with Crippen molar-refractivity contribution in [3.63, 3.8) is 0 Å². The average Bonchev–Trinajstić information content (AvgIpc) is 3.73. The van der Waals surface area contributed by atoms with Gasteiger partial charge in [-0.05, 0) is 134 Å². The lowest BCUT2D eigenvalue weighted by Gasteiger charge is -2.26. The predicted molar refractivity (Wildman–Crippen MR) is 318 cm³/mol. The maximum absolute atomic E-state index is 5.55. The van der Waals surface area contributed by atoms with E-state index in [1.807, 2.05) is 64.1 Å². The van der Waals surface area contributed by atoms with Crippen molar-refractivity contribution in [3.8, 4) is 0 Å². The first-order valence-electron chi connectivity index (χ1n) is 25.2. The van der Waals surface area contributed by atoms with E-state index in [1.165, 1.54) is 23.1 Å². The SMILES string of the molecule is C=C/C=C\C(=C(/C)CC=C)N(C/C=C\C)c1nc2c(C/C=C\C(=C/C=C)N(c3ccccc3)c3ccccc3)ccc(C3=CC=C(N(c4ccccc4)c4ccccc4)C=CC3)c2s1.CC.CC.CCC. The Hall–Kier alpha value is -7.47. The Labute approximate surface area is 432 Å². The molecule has 71 heavy (non-hydrogen) atoms. The fourth-order valence-electron chi connectivity index (χ4n) is 7.81. The molecule has 1 aliphatic carbocycles. The van der Waals surface area contributed by atoms with Crippen LogP contribution in [0.15, 0.2) is 261 Å². The summed E-state index contributed by atoms with van der Waals surface area (Å²) in [6.45, 7) is 29.3. The first-order chi connectivity index (χ1) is 35.0. The van der Waals surface area contributed by atoms with E-state index in [9.17, 15) is 0 Å². The van der Waals surface area contributed by atoms with Gasteiger partial charge in [-0.2, -0.15) is 0 Å².